The summed E-state index contributed by atoms with van der Waals surface area (Å²) in [5.74, 6) is 0.920. The van der Waals surface area contributed by atoms with Crippen molar-refractivity contribution in [2.75, 3.05) is 7.05 Å². The molecule has 0 amide bonds. The second-order valence-corrected chi connectivity index (χ2v) is 5.31. The minimum atomic E-state index is 0.378. The molecule has 108 valence electrons. The number of ether oxygens (including phenoxy) is 1. The van der Waals surface area contributed by atoms with Crippen molar-refractivity contribution in [3.63, 3.8) is 0 Å². The molecule has 1 N–H and O–H groups in total. The molecule has 1 heterocycles. The predicted octanol–water partition coefficient (Wildman–Crippen LogP) is 3.07. The van der Waals surface area contributed by atoms with Crippen molar-refractivity contribution >= 4 is 0 Å². The van der Waals surface area contributed by atoms with Crippen molar-refractivity contribution in [1.29, 1.82) is 0 Å². The summed E-state index contributed by atoms with van der Waals surface area (Å²) in [5.41, 5.74) is 3.37. The first-order chi connectivity index (χ1) is 9.60. The molecule has 1 aromatic carbocycles. The molecule has 0 aliphatic carbocycles. The van der Waals surface area contributed by atoms with Crippen molar-refractivity contribution in [2.45, 2.75) is 40.0 Å². The number of hydrogen-bond acceptors (Lipinski definition) is 3. The molecule has 0 aliphatic heterocycles. The Hall–Kier alpha value is -1.81. The van der Waals surface area contributed by atoms with Crippen LogP contribution in [0.3, 0.4) is 0 Å². The van der Waals surface area contributed by atoms with Crippen LogP contribution in [-0.4, -0.2) is 16.8 Å². The molecule has 0 fully saturated rings. The first-order valence-corrected chi connectivity index (χ1v) is 7.01. The number of nitrogens with one attached hydrogen (secondary N) is 1. The predicted molar refractivity (Wildman–Crippen MR) is 80.9 cm³/mol. The van der Waals surface area contributed by atoms with Gasteiger partial charge in [-0.15, -0.1) is 0 Å². The van der Waals surface area contributed by atoms with Crippen molar-refractivity contribution in [2.24, 2.45) is 0 Å². The van der Waals surface area contributed by atoms with E-state index in [0.717, 1.165) is 18.0 Å². The molecule has 4 heteroatoms. The third-order valence-electron chi connectivity index (χ3n) is 3.15. The number of benzene rings is 1. The molecule has 0 saturated heterocycles. The van der Waals surface area contributed by atoms with Gasteiger partial charge >= 0.3 is 0 Å². The van der Waals surface area contributed by atoms with Crippen molar-refractivity contribution in [3.8, 4) is 5.75 Å². The van der Waals surface area contributed by atoms with E-state index in [0.29, 0.717) is 12.6 Å². The highest BCUT2D eigenvalue weighted by molar-refractivity contribution is 5.36. The average Bonchev–Trinajstić information content (AvgIpc) is 2.87. The van der Waals surface area contributed by atoms with Crippen LogP contribution in [0.5, 0.6) is 5.75 Å². The maximum atomic E-state index is 5.91. The maximum Gasteiger partial charge on any atom is 0.132 e. The first kappa shape index (κ1) is 14.6. The molecule has 0 unspecified atom stereocenters. The Bertz CT molecular complexity index is 561. The highest BCUT2D eigenvalue weighted by Crippen LogP contribution is 2.21. The van der Waals surface area contributed by atoms with Crippen LogP contribution in [0.15, 0.2) is 30.5 Å². The minimum absolute atomic E-state index is 0.378. The van der Waals surface area contributed by atoms with E-state index in [-0.39, 0.29) is 0 Å². The highest BCUT2D eigenvalue weighted by atomic mass is 16.5. The second-order valence-electron chi connectivity index (χ2n) is 5.31. The Morgan fingerprint density at radius 1 is 1.30 bits per heavy atom. The minimum Gasteiger partial charge on any atom is -0.487 e. The van der Waals surface area contributed by atoms with Gasteiger partial charge in [-0.05, 0) is 40.0 Å². The van der Waals surface area contributed by atoms with Crippen LogP contribution < -0.4 is 10.1 Å². The molecule has 2 rings (SSSR count). The lowest BCUT2D eigenvalue weighted by atomic mass is 10.1. The van der Waals surface area contributed by atoms with Gasteiger partial charge in [0.2, 0.25) is 0 Å². The molecule has 0 radical (unpaired) electrons. The SMILES string of the molecule is CNCc1cc(C)ccc1OCc1ccn(C(C)C)n1. The lowest BCUT2D eigenvalue weighted by Gasteiger charge is -2.11. The Morgan fingerprint density at radius 2 is 2.10 bits per heavy atom. The summed E-state index contributed by atoms with van der Waals surface area (Å²) < 4.78 is 7.85. The fraction of sp³-hybridized carbons (Fsp3) is 0.438. The molecule has 2 aromatic rings. The summed E-state index contributed by atoms with van der Waals surface area (Å²) in [7, 11) is 1.94. The van der Waals surface area contributed by atoms with Gasteiger partial charge < -0.3 is 10.1 Å². The van der Waals surface area contributed by atoms with E-state index < -0.39 is 0 Å². The summed E-state index contributed by atoms with van der Waals surface area (Å²) in [6.45, 7) is 7.62. The molecular weight excluding hydrogens is 250 g/mol. The molecular formula is C16H23N3O. The number of hydrogen-bond donors (Lipinski definition) is 1. The van der Waals surface area contributed by atoms with Gasteiger partial charge in [0.1, 0.15) is 12.4 Å². The summed E-state index contributed by atoms with van der Waals surface area (Å²) in [5, 5.41) is 7.66. The Balaban J connectivity index is 2.06. The Labute approximate surface area is 120 Å². The zero-order valence-corrected chi connectivity index (χ0v) is 12.7. The number of nitrogens with zero attached hydrogens (tertiary/aromatic N) is 2. The van der Waals surface area contributed by atoms with E-state index in [2.05, 4.69) is 43.3 Å². The van der Waals surface area contributed by atoms with Gasteiger partial charge in [-0.25, -0.2) is 0 Å². The molecule has 1 aromatic heterocycles. The maximum absolute atomic E-state index is 5.91. The molecule has 20 heavy (non-hydrogen) atoms. The standard InChI is InChI=1S/C16H23N3O/c1-12(2)19-8-7-15(18-19)11-20-16-6-5-13(3)9-14(16)10-17-4/h5-9,12,17H,10-11H2,1-4H3. The smallest absolute Gasteiger partial charge is 0.132 e. The highest BCUT2D eigenvalue weighted by Gasteiger charge is 2.06. The van der Waals surface area contributed by atoms with E-state index in [1.807, 2.05) is 30.1 Å². The fourth-order valence-corrected chi connectivity index (χ4v) is 2.07. The van der Waals surface area contributed by atoms with Gasteiger partial charge in [-0.1, -0.05) is 17.7 Å². The summed E-state index contributed by atoms with van der Waals surface area (Å²) in [4.78, 5) is 0. The molecule has 0 atom stereocenters. The topological polar surface area (TPSA) is 39.1 Å². The Morgan fingerprint density at radius 3 is 2.75 bits per heavy atom. The average molecular weight is 273 g/mol. The Kier molecular flexibility index (Phi) is 4.79. The molecule has 4 nitrogen and oxygen atoms in total. The summed E-state index contributed by atoms with van der Waals surface area (Å²) in [6.07, 6.45) is 1.99. The van der Waals surface area contributed by atoms with Gasteiger partial charge in [0.05, 0.1) is 5.69 Å². The van der Waals surface area contributed by atoms with Gasteiger partial charge in [0.25, 0.3) is 0 Å². The van der Waals surface area contributed by atoms with E-state index >= 15 is 0 Å². The van der Waals surface area contributed by atoms with E-state index in [1.165, 1.54) is 11.1 Å². The van der Waals surface area contributed by atoms with Crippen LogP contribution in [0.25, 0.3) is 0 Å². The van der Waals surface area contributed by atoms with Gasteiger partial charge in [-0.2, -0.15) is 5.10 Å². The number of aromatic nitrogens is 2. The van der Waals surface area contributed by atoms with Crippen LogP contribution in [0.4, 0.5) is 0 Å². The van der Waals surface area contributed by atoms with Gasteiger partial charge in [-0.3, -0.25) is 4.68 Å². The summed E-state index contributed by atoms with van der Waals surface area (Å²) >= 11 is 0. The quantitative estimate of drug-likeness (QED) is 0.879. The zero-order chi connectivity index (χ0) is 14.5. The van der Waals surface area contributed by atoms with Crippen LogP contribution >= 0.6 is 0 Å². The normalized spacial score (nSPS) is 11.1. The van der Waals surface area contributed by atoms with E-state index in [9.17, 15) is 0 Å². The molecule has 0 bridgehead atoms. The second kappa shape index (κ2) is 6.57. The lowest BCUT2D eigenvalue weighted by molar-refractivity contribution is 0.295. The van der Waals surface area contributed by atoms with Gasteiger partial charge in [0.15, 0.2) is 0 Å². The lowest BCUT2D eigenvalue weighted by Crippen LogP contribution is -2.08. The molecule has 0 saturated carbocycles. The van der Waals surface area contributed by atoms with E-state index in [4.69, 9.17) is 4.74 Å². The molecule has 0 spiro atoms. The van der Waals surface area contributed by atoms with Gasteiger partial charge in [0, 0.05) is 24.3 Å². The van der Waals surface area contributed by atoms with Crippen LogP contribution in [-0.2, 0) is 13.2 Å². The van der Waals surface area contributed by atoms with Crippen molar-refractivity contribution in [3.05, 3.63) is 47.3 Å². The largest absolute Gasteiger partial charge is 0.487 e. The van der Waals surface area contributed by atoms with Crippen molar-refractivity contribution < 1.29 is 4.74 Å². The van der Waals surface area contributed by atoms with Crippen LogP contribution in [0.1, 0.15) is 36.7 Å². The third-order valence-corrected chi connectivity index (χ3v) is 3.15. The van der Waals surface area contributed by atoms with Crippen molar-refractivity contribution in [1.82, 2.24) is 15.1 Å². The monoisotopic (exact) mass is 273 g/mol. The number of aryl methyl sites for hydroxylation is 1. The summed E-state index contributed by atoms with van der Waals surface area (Å²) in [6, 6.07) is 8.63. The first-order valence-electron chi connectivity index (χ1n) is 7.01. The van der Waals surface area contributed by atoms with E-state index in [1.54, 1.807) is 0 Å². The van der Waals surface area contributed by atoms with Crippen LogP contribution in [0, 0.1) is 6.92 Å². The fourth-order valence-electron chi connectivity index (χ4n) is 2.07. The zero-order valence-electron chi connectivity index (χ0n) is 12.7. The molecule has 0 aliphatic rings. The number of rotatable bonds is 6. The van der Waals surface area contributed by atoms with Crippen LogP contribution in [0.2, 0.25) is 0 Å². The third kappa shape index (κ3) is 3.61.